The van der Waals surface area contributed by atoms with E-state index in [9.17, 15) is 9.59 Å². The van der Waals surface area contributed by atoms with Crippen molar-refractivity contribution in [2.45, 2.75) is 52.7 Å². The molecule has 0 fully saturated rings. The van der Waals surface area contributed by atoms with Gasteiger partial charge in [0, 0.05) is 18.0 Å². The number of alkyl carbamates (subject to hydrolysis) is 1. The van der Waals surface area contributed by atoms with Crippen molar-refractivity contribution in [1.29, 1.82) is 0 Å². The molecule has 0 aliphatic carbocycles. The lowest BCUT2D eigenvalue weighted by Crippen LogP contribution is -2.50. The van der Waals surface area contributed by atoms with E-state index in [0.29, 0.717) is 11.9 Å². The number of carbonyl (C=O) groups excluding carboxylic acids is 2. The first-order chi connectivity index (χ1) is 13.2. The van der Waals surface area contributed by atoms with E-state index in [2.05, 4.69) is 25.8 Å². The van der Waals surface area contributed by atoms with Crippen molar-refractivity contribution in [2.24, 2.45) is 11.0 Å². The number of carbonyl (C=O) groups is 2. The molecule has 8 nitrogen and oxygen atoms in total. The highest BCUT2D eigenvalue weighted by Crippen LogP contribution is 2.13. The molecule has 150 valence electrons. The number of aromatic nitrogens is 2. The number of amides is 2. The quantitative estimate of drug-likeness (QED) is 0.587. The zero-order chi connectivity index (χ0) is 20.7. The molecule has 0 radical (unpaired) electrons. The largest absolute Gasteiger partial charge is 0.444 e. The maximum absolute atomic E-state index is 12.6. The van der Waals surface area contributed by atoms with Gasteiger partial charge in [0.1, 0.15) is 11.6 Å². The summed E-state index contributed by atoms with van der Waals surface area (Å²) in [5.74, 6) is -0.506. The molecule has 2 atom stereocenters. The molecule has 0 saturated heterocycles. The summed E-state index contributed by atoms with van der Waals surface area (Å²) in [6, 6.07) is 4.76. The summed E-state index contributed by atoms with van der Waals surface area (Å²) in [4.78, 5) is 33.2. The predicted octanol–water partition coefficient (Wildman–Crippen LogP) is 3.02. The second-order valence-electron chi connectivity index (χ2n) is 7.51. The Kier molecular flexibility index (Phi) is 7.03. The molecular formula is C20H27N5O3. The Hall–Kier alpha value is -3.03. The average Bonchev–Trinajstić information content (AvgIpc) is 2.64. The van der Waals surface area contributed by atoms with Crippen LogP contribution < -0.4 is 10.7 Å². The minimum atomic E-state index is -0.760. The highest BCUT2D eigenvalue weighted by molar-refractivity contribution is 5.96. The van der Waals surface area contributed by atoms with Gasteiger partial charge >= 0.3 is 6.09 Å². The lowest BCUT2D eigenvalue weighted by atomic mass is 9.99. The van der Waals surface area contributed by atoms with Gasteiger partial charge < -0.3 is 10.1 Å². The minimum Gasteiger partial charge on any atom is -0.444 e. The molecule has 2 amide bonds. The number of fused-ring (bicyclic) bond motifs is 1. The zero-order valence-corrected chi connectivity index (χ0v) is 16.9. The molecule has 1 unspecified atom stereocenters. The van der Waals surface area contributed by atoms with Crippen LogP contribution in [0.2, 0.25) is 0 Å². The lowest BCUT2D eigenvalue weighted by molar-refractivity contribution is -0.124. The SMILES string of the molecule is CCC(C)[C@H](NC(=O)OC(C)(C)C)C(=O)NN=Cc1cccc2nccnc12. The third-order valence-electron chi connectivity index (χ3n) is 4.08. The van der Waals surface area contributed by atoms with Crippen molar-refractivity contribution in [3.05, 3.63) is 36.2 Å². The first-order valence-electron chi connectivity index (χ1n) is 9.23. The van der Waals surface area contributed by atoms with Crippen molar-refractivity contribution in [2.75, 3.05) is 0 Å². The summed E-state index contributed by atoms with van der Waals surface area (Å²) in [6.07, 6.45) is 4.79. The van der Waals surface area contributed by atoms with Gasteiger partial charge in [0.15, 0.2) is 0 Å². The van der Waals surface area contributed by atoms with E-state index in [1.165, 1.54) is 6.21 Å². The van der Waals surface area contributed by atoms with Crippen LogP contribution in [0, 0.1) is 5.92 Å². The average molecular weight is 385 g/mol. The third kappa shape index (κ3) is 6.00. The van der Waals surface area contributed by atoms with Crippen LogP contribution in [-0.4, -0.2) is 39.8 Å². The first kappa shape index (κ1) is 21.3. The number of hydrogen-bond donors (Lipinski definition) is 2. The highest BCUT2D eigenvalue weighted by Gasteiger charge is 2.28. The van der Waals surface area contributed by atoms with Crippen LogP contribution in [-0.2, 0) is 9.53 Å². The topological polar surface area (TPSA) is 106 Å². The van der Waals surface area contributed by atoms with Crippen LogP contribution in [0.3, 0.4) is 0 Å². The number of benzene rings is 1. The van der Waals surface area contributed by atoms with Crippen LogP contribution in [0.1, 0.15) is 46.6 Å². The molecule has 0 aliphatic rings. The number of rotatable bonds is 6. The monoisotopic (exact) mass is 385 g/mol. The Morgan fingerprint density at radius 1 is 1.25 bits per heavy atom. The van der Waals surface area contributed by atoms with Crippen LogP contribution >= 0.6 is 0 Å². The van der Waals surface area contributed by atoms with Gasteiger partial charge in [-0.2, -0.15) is 5.10 Å². The minimum absolute atomic E-state index is 0.0915. The second-order valence-corrected chi connectivity index (χ2v) is 7.51. The third-order valence-corrected chi connectivity index (χ3v) is 4.08. The predicted molar refractivity (Wildman–Crippen MR) is 108 cm³/mol. The summed E-state index contributed by atoms with van der Waals surface area (Å²) >= 11 is 0. The molecule has 28 heavy (non-hydrogen) atoms. The number of hydrogen-bond acceptors (Lipinski definition) is 6. The summed E-state index contributed by atoms with van der Waals surface area (Å²) < 4.78 is 5.25. The molecule has 0 saturated carbocycles. The van der Waals surface area contributed by atoms with Crippen LogP contribution in [0.15, 0.2) is 35.7 Å². The van der Waals surface area contributed by atoms with Crippen LogP contribution in [0.25, 0.3) is 11.0 Å². The maximum Gasteiger partial charge on any atom is 0.408 e. The summed E-state index contributed by atoms with van der Waals surface area (Å²) in [5, 5.41) is 6.66. The van der Waals surface area contributed by atoms with Crippen LogP contribution in [0.4, 0.5) is 4.79 Å². The van der Waals surface area contributed by atoms with Gasteiger partial charge in [0.05, 0.1) is 17.2 Å². The fourth-order valence-electron chi connectivity index (χ4n) is 2.49. The van der Waals surface area contributed by atoms with E-state index in [4.69, 9.17) is 4.74 Å². The number of nitrogens with one attached hydrogen (secondary N) is 2. The first-order valence-corrected chi connectivity index (χ1v) is 9.23. The number of para-hydroxylation sites is 1. The fraction of sp³-hybridized carbons (Fsp3) is 0.450. The van der Waals surface area contributed by atoms with E-state index in [1.54, 1.807) is 33.2 Å². The molecular weight excluding hydrogens is 358 g/mol. The molecule has 2 rings (SSSR count). The molecule has 0 aliphatic heterocycles. The zero-order valence-electron chi connectivity index (χ0n) is 16.9. The van der Waals surface area contributed by atoms with Crippen LogP contribution in [0.5, 0.6) is 0 Å². The van der Waals surface area contributed by atoms with Gasteiger partial charge in [-0.25, -0.2) is 10.2 Å². The molecule has 0 bridgehead atoms. The van der Waals surface area contributed by atoms with Crippen molar-refractivity contribution < 1.29 is 14.3 Å². The number of ether oxygens (including phenoxy) is 1. The Morgan fingerprint density at radius 3 is 2.64 bits per heavy atom. The van der Waals surface area contributed by atoms with Gasteiger partial charge in [-0.3, -0.25) is 14.8 Å². The summed E-state index contributed by atoms with van der Waals surface area (Å²) in [5.41, 5.74) is 4.00. The van der Waals surface area contributed by atoms with E-state index >= 15 is 0 Å². The van der Waals surface area contributed by atoms with E-state index in [-0.39, 0.29) is 5.92 Å². The number of hydrazone groups is 1. The fourth-order valence-corrected chi connectivity index (χ4v) is 2.49. The Morgan fingerprint density at radius 2 is 1.96 bits per heavy atom. The van der Waals surface area contributed by atoms with Gasteiger partial charge in [-0.15, -0.1) is 0 Å². The Labute approximate surface area is 164 Å². The van der Waals surface area contributed by atoms with E-state index < -0.39 is 23.6 Å². The van der Waals surface area contributed by atoms with Gasteiger partial charge in [0.25, 0.3) is 5.91 Å². The lowest BCUT2D eigenvalue weighted by Gasteiger charge is -2.25. The standard InChI is InChI=1S/C20H27N5O3/c1-6-13(2)16(24-19(27)28-20(3,4)5)18(26)25-23-12-14-8-7-9-15-17(14)22-11-10-21-15/h7-13,16H,6H2,1-5H3,(H,24,27)(H,25,26)/t13?,16-/m0/s1. The molecule has 2 aromatic rings. The molecule has 1 aromatic heterocycles. The van der Waals surface area contributed by atoms with Gasteiger partial charge in [-0.1, -0.05) is 32.4 Å². The van der Waals surface area contributed by atoms with Crippen molar-refractivity contribution in [1.82, 2.24) is 20.7 Å². The van der Waals surface area contributed by atoms with Gasteiger partial charge in [-0.05, 0) is 32.8 Å². The molecule has 1 heterocycles. The second kappa shape index (κ2) is 9.25. The molecule has 2 N–H and O–H groups in total. The molecule has 8 heteroatoms. The van der Waals surface area contributed by atoms with Crippen molar-refractivity contribution >= 4 is 29.2 Å². The smallest absolute Gasteiger partial charge is 0.408 e. The Balaban J connectivity index is 2.08. The summed E-state index contributed by atoms with van der Waals surface area (Å²) in [6.45, 7) is 9.12. The Bertz CT molecular complexity index is 855. The molecule has 1 aromatic carbocycles. The van der Waals surface area contributed by atoms with Crippen molar-refractivity contribution in [3.63, 3.8) is 0 Å². The normalized spacial score (nSPS) is 13.9. The van der Waals surface area contributed by atoms with E-state index in [1.807, 2.05) is 32.0 Å². The van der Waals surface area contributed by atoms with E-state index in [0.717, 1.165) is 11.1 Å². The number of nitrogens with zero attached hydrogens (tertiary/aromatic N) is 3. The van der Waals surface area contributed by atoms with Gasteiger partial charge in [0.2, 0.25) is 0 Å². The highest BCUT2D eigenvalue weighted by atomic mass is 16.6. The van der Waals surface area contributed by atoms with Crippen molar-refractivity contribution in [3.8, 4) is 0 Å². The molecule has 0 spiro atoms. The summed E-state index contributed by atoms with van der Waals surface area (Å²) in [7, 11) is 0. The maximum atomic E-state index is 12.6.